The van der Waals surface area contributed by atoms with Gasteiger partial charge in [0, 0.05) is 41.3 Å². The van der Waals surface area contributed by atoms with Gasteiger partial charge in [0.25, 0.3) is 11.8 Å². The topological polar surface area (TPSA) is 83.1 Å². The highest BCUT2D eigenvalue weighted by atomic mass is 16.2. The average Bonchev–Trinajstić information content (AvgIpc) is 3.03. The van der Waals surface area contributed by atoms with E-state index in [1.54, 1.807) is 48.8 Å². The van der Waals surface area contributed by atoms with Crippen LogP contribution >= 0.6 is 0 Å². The summed E-state index contributed by atoms with van der Waals surface area (Å²) in [5, 5.41) is 9.12. The highest BCUT2D eigenvalue weighted by molar-refractivity contribution is 6.12. The van der Waals surface area contributed by atoms with E-state index in [4.69, 9.17) is 0 Å². The number of fused-ring (bicyclic) bond motifs is 1. The molecule has 0 atom stereocenters. The number of pyridine rings is 1. The molecule has 2 heterocycles. The van der Waals surface area contributed by atoms with Crippen molar-refractivity contribution >= 4 is 28.9 Å². The first-order valence-electron chi connectivity index (χ1n) is 9.44. The molecule has 6 heteroatoms. The maximum absolute atomic E-state index is 12.9. The molecule has 0 saturated carbocycles. The molecule has 0 bridgehead atoms. The fraction of sp³-hybridized carbons (Fsp3) is 0.174. The molecule has 0 unspecified atom stereocenters. The van der Waals surface area contributed by atoms with E-state index in [1.165, 1.54) is 5.56 Å². The third-order valence-electron chi connectivity index (χ3n) is 5.09. The van der Waals surface area contributed by atoms with Gasteiger partial charge in [0.2, 0.25) is 0 Å². The van der Waals surface area contributed by atoms with Crippen LogP contribution in [-0.2, 0) is 5.41 Å². The number of anilines is 3. The molecule has 0 fully saturated rings. The van der Waals surface area contributed by atoms with Crippen molar-refractivity contribution in [2.24, 2.45) is 0 Å². The summed E-state index contributed by atoms with van der Waals surface area (Å²) in [6.45, 7) is 5.24. The van der Waals surface area contributed by atoms with E-state index in [2.05, 4.69) is 34.8 Å². The predicted octanol–water partition coefficient (Wildman–Crippen LogP) is 4.29. The number of rotatable bonds is 4. The lowest BCUT2D eigenvalue weighted by molar-refractivity contribution is 0.102. The molecule has 1 aliphatic heterocycles. The van der Waals surface area contributed by atoms with Crippen LogP contribution in [0.4, 0.5) is 17.1 Å². The van der Waals surface area contributed by atoms with Gasteiger partial charge in [0.1, 0.15) is 0 Å². The van der Waals surface area contributed by atoms with Gasteiger partial charge in [-0.15, -0.1) is 0 Å². The van der Waals surface area contributed by atoms with Crippen molar-refractivity contribution in [2.75, 3.05) is 22.5 Å². The summed E-state index contributed by atoms with van der Waals surface area (Å²) < 4.78 is 0. The van der Waals surface area contributed by atoms with E-state index in [0.717, 1.165) is 12.2 Å². The van der Waals surface area contributed by atoms with Crippen LogP contribution in [-0.4, -0.2) is 23.3 Å². The van der Waals surface area contributed by atoms with Gasteiger partial charge in [0.15, 0.2) is 0 Å². The van der Waals surface area contributed by atoms with Crippen molar-refractivity contribution in [2.45, 2.75) is 19.3 Å². The van der Waals surface area contributed by atoms with Crippen LogP contribution in [0, 0.1) is 0 Å². The first-order valence-corrected chi connectivity index (χ1v) is 9.44. The lowest BCUT2D eigenvalue weighted by Crippen LogP contribution is -2.19. The number of amides is 2. The summed E-state index contributed by atoms with van der Waals surface area (Å²) in [5.74, 6) is -0.579. The van der Waals surface area contributed by atoms with E-state index >= 15 is 0 Å². The molecule has 0 saturated heterocycles. The molecule has 2 aromatic carbocycles. The summed E-state index contributed by atoms with van der Waals surface area (Å²) in [4.78, 5) is 29.3. The van der Waals surface area contributed by atoms with Crippen LogP contribution in [0.15, 0.2) is 67.0 Å². The van der Waals surface area contributed by atoms with Gasteiger partial charge in [-0.1, -0.05) is 32.0 Å². The van der Waals surface area contributed by atoms with Crippen LogP contribution in [0.2, 0.25) is 0 Å². The monoisotopic (exact) mass is 386 g/mol. The molecule has 0 radical (unpaired) electrons. The van der Waals surface area contributed by atoms with Gasteiger partial charge < -0.3 is 16.0 Å². The molecular weight excluding hydrogens is 364 g/mol. The van der Waals surface area contributed by atoms with Crippen LogP contribution in [0.25, 0.3) is 0 Å². The Morgan fingerprint density at radius 3 is 2.52 bits per heavy atom. The van der Waals surface area contributed by atoms with Crippen LogP contribution in [0.3, 0.4) is 0 Å². The number of carbonyl (C=O) groups is 2. The first kappa shape index (κ1) is 18.7. The van der Waals surface area contributed by atoms with Gasteiger partial charge in [-0.2, -0.15) is 0 Å². The van der Waals surface area contributed by atoms with E-state index in [9.17, 15) is 9.59 Å². The quantitative estimate of drug-likeness (QED) is 0.625. The molecule has 2 amide bonds. The number of para-hydroxylation sites is 1. The summed E-state index contributed by atoms with van der Waals surface area (Å²) >= 11 is 0. The lowest BCUT2D eigenvalue weighted by atomic mass is 9.87. The zero-order chi connectivity index (χ0) is 20.4. The Labute approximate surface area is 169 Å². The highest BCUT2D eigenvalue weighted by Gasteiger charge is 2.29. The Morgan fingerprint density at radius 1 is 0.966 bits per heavy atom. The third-order valence-corrected chi connectivity index (χ3v) is 5.09. The summed E-state index contributed by atoms with van der Waals surface area (Å²) in [6.07, 6.45) is 3.10. The van der Waals surface area contributed by atoms with E-state index in [0.29, 0.717) is 22.5 Å². The smallest absolute Gasteiger partial charge is 0.257 e. The molecule has 0 spiro atoms. The number of carbonyl (C=O) groups excluding carboxylic acids is 2. The summed E-state index contributed by atoms with van der Waals surface area (Å²) in [5.41, 5.74) is 4.36. The minimum absolute atomic E-state index is 0.0711. The van der Waals surface area contributed by atoms with E-state index < -0.39 is 0 Å². The lowest BCUT2D eigenvalue weighted by Gasteiger charge is -2.17. The Bertz CT molecular complexity index is 1080. The Balaban J connectivity index is 1.54. The molecular formula is C23H22N4O2. The van der Waals surface area contributed by atoms with Crippen LogP contribution in [0.1, 0.15) is 40.1 Å². The normalized spacial score (nSPS) is 13.9. The molecule has 3 aromatic rings. The fourth-order valence-corrected chi connectivity index (χ4v) is 3.46. The highest BCUT2D eigenvalue weighted by Crippen LogP contribution is 2.37. The van der Waals surface area contributed by atoms with Gasteiger partial charge in [-0.25, -0.2) is 0 Å². The second-order valence-electron chi connectivity index (χ2n) is 7.69. The van der Waals surface area contributed by atoms with Crippen LogP contribution in [0.5, 0.6) is 0 Å². The van der Waals surface area contributed by atoms with Crippen molar-refractivity contribution in [3.63, 3.8) is 0 Å². The first-order chi connectivity index (χ1) is 13.9. The zero-order valence-corrected chi connectivity index (χ0v) is 16.3. The van der Waals surface area contributed by atoms with E-state index in [1.807, 2.05) is 18.2 Å². The number of aromatic nitrogens is 1. The molecule has 0 aliphatic carbocycles. The SMILES string of the molecule is CC1(C)CNc2cc(NC(=O)c3ccccc3NC(=O)c3ccncc3)ccc21. The minimum atomic E-state index is -0.295. The van der Waals surface area contributed by atoms with Gasteiger partial charge in [-0.05, 0) is 42.0 Å². The molecule has 29 heavy (non-hydrogen) atoms. The number of nitrogens with zero attached hydrogens (tertiary/aromatic N) is 1. The second-order valence-corrected chi connectivity index (χ2v) is 7.69. The molecule has 146 valence electrons. The van der Waals surface area contributed by atoms with Crippen molar-refractivity contribution in [3.8, 4) is 0 Å². The summed E-state index contributed by atoms with van der Waals surface area (Å²) in [6, 6.07) is 16.1. The van der Waals surface area contributed by atoms with Gasteiger partial charge in [0.05, 0.1) is 11.3 Å². The average molecular weight is 386 g/mol. The molecule has 1 aliphatic rings. The van der Waals surface area contributed by atoms with Crippen molar-refractivity contribution in [1.29, 1.82) is 0 Å². The van der Waals surface area contributed by atoms with Crippen molar-refractivity contribution in [3.05, 3.63) is 83.7 Å². The van der Waals surface area contributed by atoms with Gasteiger partial charge in [-0.3, -0.25) is 14.6 Å². The van der Waals surface area contributed by atoms with E-state index in [-0.39, 0.29) is 17.2 Å². The Hall–Kier alpha value is -3.67. The number of nitrogens with one attached hydrogen (secondary N) is 3. The standard InChI is InChI=1S/C23H22N4O2/c1-23(2)14-25-20-13-16(7-8-18(20)23)26-22(29)17-5-3-4-6-19(17)27-21(28)15-9-11-24-12-10-15/h3-13,25H,14H2,1-2H3,(H,26,29)(H,27,28). The third kappa shape index (κ3) is 3.82. The van der Waals surface area contributed by atoms with Crippen molar-refractivity contribution < 1.29 is 9.59 Å². The predicted molar refractivity (Wildman–Crippen MR) is 115 cm³/mol. The Morgan fingerprint density at radius 2 is 1.72 bits per heavy atom. The number of benzene rings is 2. The second kappa shape index (κ2) is 7.39. The zero-order valence-electron chi connectivity index (χ0n) is 16.3. The largest absolute Gasteiger partial charge is 0.384 e. The van der Waals surface area contributed by atoms with Crippen LogP contribution < -0.4 is 16.0 Å². The molecule has 3 N–H and O–H groups in total. The molecule has 1 aromatic heterocycles. The minimum Gasteiger partial charge on any atom is -0.384 e. The molecule has 4 rings (SSSR count). The Kier molecular flexibility index (Phi) is 4.76. The maximum atomic E-state index is 12.9. The number of hydrogen-bond donors (Lipinski definition) is 3. The molecule has 6 nitrogen and oxygen atoms in total. The van der Waals surface area contributed by atoms with Gasteiger partial charge >= 0.3 is 0 Å². The fourth-order valence-electron chi connectivity index (χ4n) is 3.46. The van der Waals surface area contributed by atoms with Crippen molar-refractivity contribution in [1.82, 2.24) is 4.98 Å². The number of hydrogen-bond acceptors (Lipinski definition) is 4. The summed E-state index contributed by atoms with van der Waals surface area (Å²) in [7, 11) is 0. The maximum Gasteiger partial charge on any atom is 0.257 e.